The second-order valence-corrected chi connectivity index (χ2v) is 7.17. The van der Waals surface area contributed by atoms with Crippen LogP contribution in [0.4, 0.5) is 0 Å². The average Bonchev–Trinajstić information content (AvgIpc) is 3.21. The number of aromatic nitrogens is 3. The predicted molar refractivity (Wildman–Crippen MR) is 95.2 cm³/mol. The second kappa shape index (κ2) is 6.57. The lowest BCUT2D eigenvalue weighted by Gasteiger charge is -2.27. The highest BCUT2D eigenvalue weighted by Crippen LogP contribution is 2.35. The Hall–Kier alpha value is -1.47. The van der Waals surface area contributed by atoms with Gasteiger partial charge in [0, 0.05) is 51.7 Å². The summed E-state index contributed by atoms with van der Waals surface area (Å²) in [6, 6.07) is 3.89. The summed E-state index contributed by atoms with van der Waals surface area (Å²) in [5, 5.41) is 4.13. The summed E-state index contributed by atoms with van der Waals surface area (Å²) in [7, 11) is 0. The third-order valence-corrected chi connectivity index (χ3v) is 5.74. The Morgan fingerprint density at radius 3 is 2.91 bits per heavy atom. The molecule has 0 atom stereocenters. The lowest BCUT2D eigenvalue weighted by molar-refractivity contribution is 0.232. The molecule has 0 aliphatic carbocycles. The maximum absolute atomic E-state index is 6.23. The number of thiophene rings is 1. The van der Waals surface area contributed by atoms with E-state index < -0.39 is 0 Å². The van der Waals surface area contributed by atoms with Crippen molar-refractivity contribution < 1.29 is 0 Å². The van der Waals surface area contributed by atoms with Gasteiger partial charge >= 0.3 is 0 Å². The van der Waals surface area contributed by atoms with Crippen LogP contribution in [0.1, 0.15) is 0 Å². The molecule has 0 amide bonds. The molecular weight excluding hydrogens is 330 g/mol. The van der Waals surface area contributed by atoms with Crippen LogP contribution in [0.2, 0.25) is 5.02 Å². The van der Waals surface area contributed by atoms with Crippen molar-refractivity contribution in [2.75, 3.05) is 32.7 Å². The quantitative estimate of drug-likeness (QED) is 0.788. The molecule has 1 aliphatic rings. The molecule has 0 unspecified atom stereocenters. The smallest absolute Gasteiger partial charge is 0.0982 e. The normalized spacial score (nSPS) is 16.2. The standard InChI is InChI=1S/C16H18ClN5S/c17-12-1-2-19-13-9-15(23-16(12)13)14-10-22(11-20-14)8-7-21-5-3-18-4-6-21/h1-2,9-11,18H,3-8H2. The monoisotopic (exact) mass is 347 g/mol. The minimum Gasteiger partial charge on any atom is -0.336 e. The van der Waals surface area contributed by atoms with Crippen molar-refractivity contribution in [3.63, 3.8) is 0 Å². The van der Waals surface area contributed by atoms with E-state index in [1.54, 1.807) is 17.5 Å². The van der Waals surface area contributed by atoms with Crippen LogP contribution < -0.4 is 5.32 Å². The minimum absolute atomic E-state index is 0.754. The number of piperazine rings is 1. The summed E-state index contributed by atoms with van der Waals surface area (Å²) in [5.74, 6) is 0. The zero-order chi connectivity index (χ0) is 15.6. The van der Waals surface area contributed by atoms with Crippen molar-refractivity contribution in [3.8, 4) is 10.6 Å². The Balaban J connectivity index is 1.49. The van der Waals surface area contributed by atoms with Crippen LogP contribution in [0.5, 0.6) is 0 Å². The van der Waals surface area contributed by atoms with Gasteiger partial charge in [0.25, 0.3) is 0 Å². The van der Waals surface area contributed by atoms with Crippen molar-refractivity contribution in [1.29, 1.82) is 0 Å². The molecule has 0 radical (unpaired) electrons. The van der Waals surface area contributed by atoms with Crippen LogP contribution in [-0.2, 0) is 6.54 Å². The molecule has 1 aliphatic heterocycles. The number of hydrogen-bond donors (Lipinski definition) is 1. The number of nitrogens with one attached hydrogen (secondary N) is 1. The zero-order valence-electron chi connectivity index (χ0n) is 12.7. The highest BCUT2D eigenvalue weighted by atomic mass is 35.5. The molecule has 7 heteroatoms. The van der Waals surface area contributed by atoms with E-state index in [9.17, 15) is 0 Å². The van der Waals surface area contributed by atoms with Gasteiger partial charge in [-0.1, -0.05) is 11.6 Å². The molecule has 0 spiro atoms. The number of imidazole rings is 1. The van der Waals surface area contributed by atoms with Crippen LogP contribution in [0.15, 0.2) is 30.9 Å². The van der Waals surface area contributed by atoms with E-state index in [1.165, 1.54) is 0 Å². The number of pyridine rings is 1. The van der Waals surface area contributed by atoms with Crippen molar-refractivity contribution in [2.45, 2.75) is 6.54 Å². The molecule has 1 N–H and O–H groups in total. The second-order valence-electron chi connectivity index (χ2n) is 5.71. The Labute approximate surface area is 143 Å². The van der Waals surface area contributed by atoms with Crippen LogP contribution >= 0.6 is 22.9 Å². The Morgan fingerprint density at radius 2 is 2.09 bits per heavy atom. The molecule has 0 aromatic carbocycles. The number of nitrogens with zero attached hydrogens (tertiary/aromatic N) is 4. The number of fused-ring (bicyclic) bond motifs is 1. The molecule has 5 nitrogen and oxygen atoms in total. The molecule has 23 heavy (non-hydrogen) atoms. The highest BCUT2D eigenvalue weighted by Gasteiger charge is 2.12. The number of halogens is 1. The van der Waals surface area contributed by atoms with Gasteiger partial charge in [-0.3, -0.25) is 9.88 Å². The van der Waals surface area contributed by atoms with Gasteiger partial charge in [-0.2, -0.15) is 0 Å². The van der Waals surface area contributed by atoms with E-state index in [-0.39, 0.29) is 0 Å². The van der Waals surface area contributed by atoms with Crippen molar-refractivity contribution >= 4 is 33.2 Å². The van der Waals surface area contributed by atoms with E-state index in [1.807, 2.05) is 12.4 Å². The summed E-state index contributed by atoms with van der Waals surface area (Å²) in [6.07, 6.45) is 5.77. The number of rotatable bonds is 4. The minimum atomic E-state index is 0.754. The molecule has 120 valence electrons. The van der Waals surface area contributed by atoms with Crippen LogP contribution in [0, 0.1) is 0 Å². The molecule has 3 aromatic heterocycles. The van der Waals surface area contributed by atoms with Gasteiger partial charge in [-0.15, -0.1) is 11.3 Å². The fourth-order valence-electron chi connectivity index (χ4n) is 2.83. The predicted octanol–water partition coefficient (Wildman–Crippen LogP) is 2.72. The molecule has 3 aromatic rings. The van der Waals surface area contributed by atoms with Gasteiger partial charge < -0.3 is 9.88 Å². The summed E-state index contributed by atoms with van der Waals surface area (Å²) in [5.41, 5.74) is 1.93. The largest absolute Gasteiger partial charge is 0.336 e. The third kappa shape index (κ3) is 3.26. The van der Waals surface area contributed by atoms with Crippen molar-refractivity contribution in [1.82, 2.24) is 24.8 Å². The molecule has 4 heterocycles. The topological polar surface area (TPSA) is 46.0 Å². The lowest BCUT2D eigenvalue weighted by Crippen LogP contribution is -2.44. The number of hydrogen-bond acceptors (Lipinski definition) is 5. The first kappa shape index (κ1) is 15.1. The molecule has 1 fully saturated rings. The van der Waals surface area contributed by atoms with Gasteiger partial charge in [-0.05, 0) is 12.1 Å². The van der Waals surface area contributed by atoms with Crippen molar-refractivity contribution in [3.05, 3.63) is 35.9 Å². The fraction of sp³-hybridized carbons (Fsp3) is 0.375. The summed E-state index contributed by atoms with van der Waals surface area (Å²) < 4.78 is 3.19. The average molecular weight is 348 g/mol. The van der Waals surface area contributed by atoms with Gasteiger partial charge in [0.2, 0.25) is 0 Å². The Morgan fingerprint density at radius 1 is 1.22 bits per heavy atom. The first-order chi connectivity index (χ1) is 11.3. The fourth-order valence-corrected chi connectivity index (χ4v) is 4.09. The maximum atomic E-state index is 6.23. The van der Waals surface area contributed by atoms with Gasteiger partial charge in [0.05, 0.1) is 32.1 Å². The molecule has 0 bridgehead atoms. The van der Waals surface area contributed by atoms with E-state index in [0.29, 0.717) is 0 Å². The van der Waals surface area contributed by atoms with Gasteiger partial charge in [-0.25, -0.2) is 4.98 Å². The summed E-state index contributed by atoms with van der Waals surface area (Å²) in [6.45, 7) is 6.47. The first-order valence-corrected chi connectivity index (χ1v) is 8.98. The van der Waals surface area contributed by atoms with E-state index in [2.05, 4.69) is 37.0 Å². The van der Waals surface area contributed by atoms with E-state index >= 15 is 0 Å². The van der Waals surface area contributed by atoms with Crippen LogP contribution in [0.25, 0.3) is 20.8 Å². The van der Waals surface area contributed by atoms with Gasteiger partial charge in [0.15, 0.2) is 0 Å². The van der Waals surface area contributed by atoms with E-state index in [4.69, 9.17) is 11.6 Å². The summed E-state index contributed by atoms with van der Waals surface area (Å²) in [4.78, 5) is 12.5. The van der Waals surface area contributed by atoms with E-state index in [0.717, 1.165) is 65.1 Å². The highest BCUT2D eigenvalue weighted by molar-refractivity contribution is 7.22. The van der Waals surface area contributed by atoms with Crippen molar-refractivity contribution in [2.24, 2.45) is 0 Å². The van der Waals surface area contributed by atoms with Gasteiger partial charge in [0.1, 0.15) is 0 Å². The third-order valence-electron chi connectivity index (χ3n) is 4.13. The molecule has 0 saturated carbocycles. The molecule has 4 rings (SSSR count). The molecule has 1 saturated heterocycles. The Bertz CT molecular complexity index is 806. The SMILES string of the molecule is Clc1ccnc2cc(-c3cn(CCN4CCNCC4)cn3)sc12. The Kier molecular flexibility index (Phi) is 4.31. The van der Waals surface area contributed by atoms with Crippen LogP contribution in [-0.4, -0.2) is 52.2 Å². The maximum Gasteiger partial charge on any atom is 0.0982 e. The van der Waals surface area contributed by atoms with Crippen LogP contribution in [0.3, 0.4) is 0 Å². The summed E-state index contributed by atoms with van der Waals surface area (Å²) >= 11 is 7.88. The zero-order valence-corrected chi connectivity index (χ0v) is 14.3. The lowest BCUT2D eigenvalue weighted by atomic mass is 10.3. The molecular formula is C16H18ClN5S. The first-order valence-electron chi connectivity index (χ1n) is 7.79.